The lowest BCUT2D eigenvalue weighted by molar-refractivity contribution is 0.136. The van der Waals surface area contributed by atoms with E-state index in [4.69, 9.17) is 5.26 Å². The standard InChI is InChI=1S/C11H15N3O/c1-8-7-9(2)14(13-8)10(5-6-12)11(3,4)15/h5,7,15H,1-4H3. The Kier molecular flexibility index (Phi) is 2.96. The maximum Gasteiger partial charge on any atom is 0.102 e. The van der Waals surface area contributed by atoms with Crippen molar-refractivity contribution in [2.45, 2.75) is 33.3 Å². The van der Waals surface area contributed by atoms with Crippen molar-refractivity contribution in [3.05, 3.63) is 23.5 Å². The minimum atomic E-state index is -1.08. The average Bonchev–Trinajstić information content (AvgIpc) is 2.39. The molecule has 4 nitrogen and oxygen atoms in total. The second kappa shape index (κ2) is 3.87. The fourth-order valence-electron chi connectivity index (χ4n) is 1.43. The third-order valence-electron chi connectivity index (χ3n) is 2.07. The topological polar surface area (TPSA) is 61.8 Å². The van der Waals surface area contributed by atoms with E-state index < -0.39 is 5.60 Å². The summed E-state index contributed by atoms with van der Waals surface area (Å²) in [5.74, 6) is 0. The third kappa shape index (κ3) is 2.45. The third-order valence-corrected chi connectivity index (χ3v) is 2.07. The molecule has 1 aromatic rings. The van der Waals surface area contributed by atoms with Gasteiger partial charge in [0.05, 0.1) is 17.5 Å². The molecular formula is C11H15N3O. The predicted octanol–water partition coefficient (Wildman–Crippen LogP) is 1.64. The maximum atomic E-state index is 9.92. The highest BCUT2D eigenvalue weighted by molar-refractivity contribution is 5.56. The molecule has 0 aromatic carbocycles. The van der Waals surface area contributed by atoms with E-state index in [1.807, 2.05) is 26.0 Å². The lowest BCUT2D eigenvalue weighted by atomic mass is 10.1. The van der Waals surface area contributed by atoms with E-state index in [2.05, 4.69) is 5.10 Å². The van der Waals surface area contributed by atoms with E-state index in [0.717, 1.165) is 11.4 Å². The zero-order valence-corrected chi connectivity index (χ0v) is 9.44. The minimum absolute atomic E-state index is 0.482. The normalized spacial score (nSPS) is 12.7. The van der Waals surface area contributed by atoms with Crippen molar-refractivity contribution in [1.82, 2.24) is 9.78 Å². The van der Waals surface area contributed by atoms with E-state index >= 15 is 0 Å². The van der Waals surface area contributed by atoms with E-state index in [0.29, 0.717) is 5.70 Å². The molecule has 1 N–H and O–H groups in total. The number of allylic oxidation sites excluding steroid dienone is 1. The second-order valence-corrected chi connectivity index (χ2v) is 4.06. The molecule has 0 fully saturated rings. The quantitative estimate of drug-likeness (QED) is 0.746. The molecule has 0 saturated heterocycles. The van der Waals surface area contributed by atoms with Crippen LogP contribution in [-0.4, -0.2) is 20.5 Å². The van der Waals surface area contributed by atoms with Crippen LogP contribution >= 0.6 is 0 Å². The number of aryl methyl sites for hydroxylation is 2. The number of aliphatic hydroxyl groups is 1. The molecule has 0 saturated carbocycles. The summed E-state index contributed by atoms with van der Waals surface area (Å²) in [5.41, 5.74) is 1.16. The largest absolute Gasteiger partial charge is 0.384 e. The van der Waals surface area contributed by atoms with Crippen LogP contribution in [0.15, 0.2) is 12.1 Å². The summed E-state index contributed by atoms with van der Waals surface area (Å²) >= 11 is 0. The Balaban J connectivity index is 3.31. The lowest BCUT2D eigenvalue weighted by Crippen LogP contribution is -2.26. The van der Waals surface area contributed by atoms with Crippen molar-refractivity contribution in [2.24, 2.45) is 0 Å². The first-order chi connectivity index (χ1) is 6.86. The van der Waals surface area contributed by atoms with Gasteiger partial charge in [0.1, 0.15) is 5.60 Å². The van der Waals surface area contributed by atoms with Gasteiger partial charge in [0, 0.05) is 11.8 Å². The van der Waals surface area contributed by atoms with Gasteiger partial charge < -0.3 is 5.11 Å². The molecule has 0 bridgehead atoms. The number of hydrogen-bond donors (Lipinski definition) is 1. The molecule has 0 amide bonds. The zero-order chi connectivity index (χ0) is 11.6. The zero-order valence-electron chi connectivity index (χ0n) is 9.44. The summed E-state index contributed by atoms with van der Waals surface area (Å²) < 4.78 is 1.60. The van der Waals surface area contributed by atoms with E-state index in [1.54, 1.807) is 18.5 Å². The summed E-state index contributed by atoms with van der Waals surface area (Å²) in [6.07, 6.45) is 1.32. The van der Waals surface area contributed by atoms with Crippen molar-refractivity contribution in [3.8, 4) is 6.07 Å². The SMILES string of the molecule is Cc1cc(C)n(C(=CC#N)C(C)(C)O)n1. The van der Waals surface area contributed by atoms with Crippen molar-refractivity contribution < 1.29 is 5.11 Å². The van der Waals surface area contributed by atoms with Gasteiger partial charge in [-0.15, -0.1) is 0 Å². The molecule has 80 valence electrons. The molecule has 0 unspecified atom stereocenters. The minimum Gasteiger partial charge on any atom is -0.384 e. The summed E-state index contributed by atoms with van der Waals surface area (Å²) in [6.45, 7) is 7.02. The first-order valence-corrected chi connectivity index (χ1v) is 4.72. The maximum absolute atomic E-state index is 9.92. The highest BCUT2D eigenvalue weighted by Crippen LogP contribution is 2.22. The van der Waals surface area contributed by atoms with Gasteiger partial charge >= 0.3 is 0 Å². The van der Waals surface area contributed by atoms with E-state index in [1.165, 1.54) is 6.08 Å². The Hall–Kier alpha value is -1.60. The van der Waals surface area contributed by atoms with Gasteiger partial charge in [-0.05, 0) is 33.8 Å². The summed E-state index contributed by atoms with van der Waals surface area (Å²) in [6, 6.07) is 3.83. The second-order valence-electron chi connectivity index (χ2n) is 4.06. The van der Waals surface area contributed by atoms with Crippen LogP contribution in [0.1, 0.15) is 25.2 Å². The average molecular weight is 205 g/mol. The smallest absolute Gasteiger partial charge is 0.102 e. The number of hydrogen-bond acceptors (Lipinski definition) is 3. The summed E-state index contributed by atoms with van der Waals surface area (Å²) in [4.78, 5) is 0. The molecule has 0 aliphatic rings. The summed E-state index contributed by atoms with van der Waals surface area (Å²) in [7, 11) is 0. The predicted molar refractivity (Wildman–Crippen MR) is 57.9 cm³/mol. The molecule has 0 aliphatic carbocycles. The Bertz CT molecular complexity index is 430. The molecule has 0 spiro atoms. The van der Waals surface area contributed by atoms with Crippen LogP contribution < -0.4 is 0 Å². The van der Waals surface area contributed by atoms with Gasteiger partial charge in [0.25, 0.3) is 0 Å². The number of nitriles is 1. The van der Waals surface area contributed by atoms with Crippen LogP contribution in [-0.2, 0) is 0 Å². The molecule has 15 heavy (non-hydrogen) atoms. The Morgan fingerprint density at radius 3 is 2.53 bits per heavy atom. The Morgan fingerprint density at radius 2 is 2.20 bits per heavy atom. The Labute approximate surface area is 89.5 Å². The monoisotopic (exact) mass is 205 g/mol. The number of aromatic nitrogens is 2. The van der Waals surface area contributed by atoms with Crippen LogP contribution in [0.5, 0.6) is 0 Å². The van der Waals surface area contributed by atoms with Crippen molar-refractivity contribution in [3.63, 3.8) is 0 Å². The van der Waals surface area contributed by atoms with Gasteiger partial charge in [0.15, 0.2) is 0 Å². The molecule has 1 rings (SSSR count). The van der Waals surface area contributed by atoms with Crippen LogP contribution in [0.4, 0.5) is 0 Å². The van der Waals surface area contributed by atoms with Crippen molar-refractivity contribution >= 4 is 5.70 Å². The highest BCUT2D eigenvalue weighted by atomic mass is 16.3. The van der Waals surface area contributed by atoms with Crippen LogP contribution in [0.2, 0.25) is 0 Å². The van der Waals surface area contributed by atoms with Crippen molar-refractivity contribution in [1.29, 1.82) is 5.26 Å². The first kappa shape index (κ1) is 11.5. The van der Waals surface area contributed by atoms with Gasteiger partial charge in [-0.2, -0.15) is 10.4 Å². The van der Waals surface area contributed by atoms with Gasteiger partial charge in [0.2, 0.25) is 0 Å². The van der Waals surface area contributed by atoms with Crippen LogP contribution in [0, 0.1) is 25.2 Å². The lowest BCUT2D eigenvalue weighted by Gasteiger charge is -2.21. The van der Waals surface area contributed by atoms with Gasteiger partial charge in [-0.25, -0.2) is 4.68 Å². The van der Waals surface area contributed by atoms with Crippen LogP contribution in [0.25, 0.3) is 5.70 Å². The molecule has 1 heterocycles. The molecule has 0 aliphatic heterocycles. The molecule has 1 aromatic heterocycles. The summed E-state index contributed by atoms with van der Waals surface area (Å²) in [5, 5.41) is 22.8. The van der Waals surface area contributed by atoms with E-state index in [9.17, 15) is 5.11 Å². The number of rotatable bonds is 2. The fraction of sp³-hybridized carbons (Fsp3) is 0.455. The van der Waals surface area contributed by atoms with Gasteiger partial charge in [-0.1, -0.05) is 0 Å². The molecular weight excluding hydrogens is 190 g/mol. The van der Waals surface area contributed by atoms with Crippen molar-refractivity contribution in [2.75, 3.05) is 0 Å². The Morgan fingerprint density at radius 1 is 1.60 bits per heavy atom. The van der Waals surface area contributed by atoms with E-state index in [-0.39, 0.29) is 0 Å². The highest BCUT2D eigenvalue weighted by Gasteiger charge is 2.23. The first-order valence-electron chi connectivity index (χ1n) is 4.72. The van der Waals surface area contributed by atoms with Crippen LogP contribution in [0.3, 0.4) is 0 Å². The molecule has 4 heteroatoms. The fourth-order valence-corrected chi connectivity index (χ4v) is 1.43. The van der Waals surface area contributed by atoms with Gasteiger partial charge in [-0.3, -0.25) is 0 Å². The number of nitrogens with zero attached hydrogens (tertiary/aromatic N) is 3. The molecule has 0 atom stereocenters. The molecule has 0 radical (unpaired) electrons.